The van der Waals surface area contributed by atoms with Crippen LogP contribution >= 0.6 is 15.9 Å². The second kappa shape index (κ2) is 5.93. The summed E-state index contributed by atoms with van der Waals surface area (Å²) in [6, 6.07) is 8.78. The number of carboxylic acids is 1. The molecule has 1 aromatic carbocycles. The summed E-state index contributed by atoms with van der Waals surface area (Å²) in [6.07, 6.45) is 4.25. The van der Waals surface area contributed by atoms with E-state index in [0.29, 0.717) is 5.56 Å². The third-order valence-corrected chi connectivity index (χ3v) is 4.27. The predicted octanol–water partition coefficient (Wildman–Crippen LogP) is 4.34. The highest BCUT2D eigenvalue weighted by atomic mass is 79.9. The lowest BCUT2D eigenvalue weighted by molar-refractivity contribution is 0.0697. The van der Waals surface area contributed by atoms with Crippen LogP contribution in [0, 0.1) is 0 Å². The number of hydrogen-bond donors (Lipinski definition) is 2. The van der Waals surface area contributed by atoms with Crippen molar-refractivity contribution < 1.29 is 15.0 Å². The molecule has 0 spiro atoms. The van der Waals surface area contributed by atoms with E-state index < -0.39 is 5.97 Å². The van der Waals surface area contributed by atoms with E-state index in [1.54, 1.807) is 24.4 Å². The highest BCUT2D eigenvalue weighted by Gasteiger charge is 2.21. The monoisotopic (exact) mass is 359 g/mol. The molecular weight excluding hydrogens is 346 g/mol. The highest BCUT2D eigenvalue weighted by molar-refractivity contribution is 9.10. The number of rotatable bonds is 3. The fraction of sp³-hybridized carbons (Fsp3) is 0.176. The fourth-order valence-electron chi connectivity index (χ4n) is 2.85. The Balaban J connectivity index is 2.13. The molecule has 0 amide bonds. The standard InChI is InChI=1S/C17H14BrNO3/c18-12-8-15(16(20)19-9-12)14-6-2-5-13(14)10-3-1-4-11(7-10)17(21)22/h1,3-4,7-9H,2,5-6H2,(H,19,20)(H,21,22). The molecule has 112 valence electrons. The van der Waals surface area contributed by atoms with Crippen LogP contribution in [-0.2, 0) is 0 Å². The summed E-state index contributed by atoms with van der Waals surface area (Å²) in [5, 5.41) is 19.2. The summed E-state index contributed by atoms with van der Waals surface area (Å²) in [5.74, 6) is -0.930. The van der Waals surface area contributed by atoms with E-state index in [0.717, 1.165) is 40.4 Å². The third-order valence-electron chi connectivity index (χ3n) is 3.83. The second-order valence-electron chi connectivity index (χ2n) is 5.22. The second-order valence-corrected chi connectivity index (χ2v) is 6.14. The molecule has 0 bridgehead atoms. The van der Waals surface area contributed by atoms with Crippen LogP contribution in [0.4, 0.5) is 0 Å². The molecule has 2 N–H and O–H groups in total. The molecule has 0 fully saturated rings. The number of benzene rings is 1. The van der Waals surface area contributed by atoms with Crippen LogP contribution in [0.1, 0.15) is 40.7 Å². The molecule has 1 aliphatic carbocycles. The van der Waals surface area contributed by atoms with Crippen molar-refractivity contribution in [2.75, 3.05) is 0 Å². The number of halogens is 1. The molecule has 0 unspecified atom stereocenters. The van der Waals surface area contributed by atoms with Gasteiger partial charge in [0, 0.05) is 16.2 Å². The van der Waals surface area contributed by atoms with Crippen molar-refractivity contribution in [1.29, 1.82) is 0 Å². The van der Waals surface area contributed by atoms with E-state index >= 15 is 0 Å². The first-order chi connectivity index (χ1) is 10.6. The number of carbonyl (C=O) groups is 1. The zero-order valence-electron chi connectivity index (χ0n) is 11.7. The van der Waals surface area contributed by atoms with Crippen molar-refractivity contribution in [1.82, 2.24) is 4.98 Å². The maximum absolute atomic E-state index is 11.1. The molecule has 0 aliphatic heterocycles. The molecule has 0 saturated heterocycles. The van der Waals surface area contributed by atoms with Crippen LogP contribution in [0.5, 0.6) is 5.88 Å². The molecular formula is C17H14BrNO3. The van der Waals surface area contributed by atoms with Crippen LogP contribution < -0.4 is 0 Å². The SMILES string of the molecule is O=C(O)c1cccc(C2=C(c3cc(Br)cnc3O)CCC2)c1. The summed E-state index contributed by atoms with van der Waals surface area (Å²) in [6.45, 7) is 0. The number of pyridine rings is 1. The van der Waals surface area contributed by atoms with E-state index in [9.17, 15) is 9.90 Å². The Bertz CT molecular complexity index is 783. The van der Waals surface area contributed by atoms with Gasteiger partial charge >= 0.3 is 5.97 Å². The molecule has 0 saturated carbocycles. The van der Waals surface area contributed by atoms with Crippen molar-refractivity contribution in [3.05, 3.63) is 57.7 Å². The minimum Gasteiger partial charge on any atom is -0.493 e. The Morgan fingerprint density at radius 1 is 1.18 bits per heavy atom. The van der Waals surface area contributed by atoms with Crippen molar-refractivity contribution in [3.8, 4) is 5.88 Å². The number of aromatic nitrogens is 1. The van der Waals surface area contributed by atoms with Gasteiger partial charge in [-0.25, -0.2) is 9.78 Å². The van der Waals surface area contributed by atoms with Gasteiger partial charge in [0.2, 0.25) is 5.88 Å². The average Bonchev–Trinajstić information content (AvgIpc) is 2.99. The number of aromatic hydroxyl groups is 1. The predicted molar refractivity (Wildman–Crippen MR) is 87.7 cm³/mol. The van der Waals surface area contributed by atoms with Crippen LogP contribution in [0.3, 0.4) is 0 Å². The van der Waals surface area contributed by atoms with Gasteiger partial charge in [0.1, 0.15) is 0 Å². The maximum Gasteiger partial charge on any atom is 0.335 e. The van der Waals surface area contributed by atoms with Gasteiger partial charge in [-0.1, -0.05) is 12.1 Å². The van der Waals surface area contributed by atoms with Crippen LogP contribution in [0.2, 0.25) is 0 Å². The summed E-state index contributed by atoms with van der Waals surface area (Å²) in [4.78, 5) is 15.1. The minimum absolute atomic E-state index is 0.00647. The van der Waals surface area contributed by atoms with Gasteiger partial charge in [-0.05, 0) is 70.1 Å². The zero-order chi connectivity index (χ0) is 15.7. The third kappa shape index (κ3) is 2.76. The molecule has 0 atom stereocenters. The smallest absolute Gasteiger partial charge is 0.335 e. The zero-order valence-corrected chi connectivity index (χ0v) is 13.3. The summed E-state index contributed by atoms with van der Waals surface area (Å²) in [5.41, 5.74) is 3.99. The lowest BCUT2D eigenvalue weighted by atomic mass is 9.96. The van der Waals surface area contributed by atoms with Crippen molar-refractivity contribution in [3.63, 3.8) is 0 Å². The first kappa shape index (κ1) is 14.8. The molecule has 1 aromatic heterocycles. The number of hydrogen-bond acceptors (Lipinski definition) is 3. The van der Waals surface area contributed by atoms with Crippen LogP contribution in [0.25, 0.3) is 11.1 Å². The number of aromatic carboxylic acids is 1. The van der Waals surface area contributed by atoms with Gasteiger partial charge in [0.25, 0.3) is 0 Å². The average molecular weight is 360 g/mol. The summed E-state index contributed by atoms with van der Waals surface area (Å²) >= 11 is 3.38. The van der Waals surface area contributed by atoms with E-state index in [4.69, 9.17) is 5.11 Å². The van der Waals surface area contributed by atoms with Crippen molar-refractivity contribution >= 4 is 33.0 Å². The van der Waals surface area contributed by atoms with Gasteiger partial charge in [0.15, 0.2) is 0 Å². The fourth-order valence-corrected chi connectivity index (χ4v) is 3.18. The Morgan fingerprint density at radius 3 is 2.73 bits per heavy atom. The number of nitrogens with zero attached hydrogens (tertiary/aromatic N) is 1. The largest absolute Gasteiger partial charge is 0.493 e. The summed E-state index contributed by atoms with van der Waals surface area (Å²) < 4.78 is 0.804. The normalized spacial score (nSPS) is 14.4. The van der Waals surface area contributed by atoms with Crippen molar-refractivity contribution in [2.45, 2.75) is 19.3 Å². The maximum atomic E-state index is 11.1. The van der Waals surface area contributed by atoms with Gasteiger partial charge in [-0.2, -0.15) is 0 Å². The highest BCUT2D eigenvalue weighted by Crippen LogP contribution is 2.42. The molecule has 1 aliphatic rings. The number of carboxylic acid groups (broad SMARTS) is 1. The molecule has 22 heavy (non-hydrogen) atoms. The van der Waals surface area contributed by atoms with E-state index in [2.05, 4.69) is 20.9 Å². The molecule has 3 rings (SSSR count). The van der Waals surface area contributed by atoms with E-state index in [-0.39, 0.29) is 11.4 Å². The first-order valence-electron chi connectivity index (χ1n) is 6.97. The van der Waals surface area contributed by atoms with E-state index in [1.807, 2.05) is 12.1 Å². The van der Waals surface area contributed by atoms with Gasteiger partial charge in [-0.15, -0.1) is 0 Å². The Labute approximate surface area is 136 Å². The Hall–Kier alpha value is -2.14. The Morgan fingerprint density at radius 2 is 1.95 bits per heavy atom. The van der Waals surface area contributed by atoms with E-state index in [1.165, 1.54) is 0 Å². The molecule has 5 heteroatoms. The molecule has 2 aromatic rings. The first-order valence-corrected chi connectivity index (χ1v) is 7.76. The minimum atomic E-state index is -0.936. The summed E-state index contributed by atoms with van der Waals surface area (Å²) in [7, 11) is 0. The molecule has 1 heterocycles. The van der Waals surface area contributed by atoms with Crippen LogP contribution in [0.15, 0.2) is 41.0 Å². The van der Waals surface area contributed by atoms with Gasteiger partial charge in [0.05, 0.1) is 5.56 Å². The molecule has 0 radical (unpaired) electrons. The topological polar surface area (TPSA) is 70.4 Å². The quantitative estimate of drug-likeness (QED) is 0.854. The van der Waals surface area contributed by atoms with Crippen molar-refractivity contribution in [2.24, 2.45) is 0 Å². The Kier molecular flexibility index (Phi) is 3.98. The number of allylic oxidation sites excluding steroid dienone is 2. The van der Waals surface area contributed by atoms with Crippen LogP contribution in [-0.4, -0.2) is 21.2 Å². The van der Waals surface area contributed by atoms with Gasteiger partial charge in [-0.3, -0.25) is 0 Å². The lowest BCUT2D eigenvalue weighted by Gasteiger charge is -2.10. The van der Waals surface area contributed by atoms with Gasteiger partial charge < -0.3 is 10.2 Å². The lowest BCUT2D eigenvalue weighted by Crippen LogP contribution is -1.97. The molecule has 4 nitrogen and oxygen atoms in total.